The Morgan fingerprint density at radius 1 is 1.00 bits per heavy atom. The van der Waals surface area contributed by atoms with Gasteiger partial charge in [0.1, 0.15) is 0 Å². The van der Waals surface area contributed by atoms with Gasteiger partial charge >= 0.3 is 0 Å². The molecule has 9 atom stereocenters. The lowest BCUT2D eigenvalue weighted by molar-refractivity contribution is -0.167. The largest absolute Gasteiger partial charge is 0.393 e. The quantitative estimate of drug-likeness (QED) is 0.706. The monoisotopic (exact) mass is 343 g/mol. The normalized spacial score (nSPS) is 55.2. The molecule has 0 saturated heterocycles. The molecule has 0 aliphatic heterocycles. The van der Waals surface area contributed by atoms with Crippen LogP contribution >= 0.6 is 0 Å². The van der Waals surface area contributed by atoms with Gasteiger partial charge in [-0.25, -0.2) is 0 Å². The van der Waals surface area contributed by atoms with Crippen molar-refractivity contribution >= 4 is 0 Å². The third-order valence-corrected chi connectivity index (χ3v) is 9.22. The summed E-state index contributed by atoms with van der Waals surface area (Å²) in [6.07, 6.45) is 12.0. The Bertz CT molecular complexity index is 595. The Hall–Kier alpha value is -0.850. The Morgan fingerprint density at radius 2 is 1.80 bits per heavy atom. The molecule has 0 aromatic carbocycles. The van der Waals surface area contributed by atoms with E-state index in [-0.39, 0.29) is 17.6 Å². The van der Waals surface area contributed by atoms with Gasteiger partial charge < -0.3 is 10.2 Å². The summed E-state index contributed by atoms with van der Waals surface area (Å²) in [5, 5.41) is 30.3. The van der Waals surface area contributed by atoms with Crippen LogP contribution in [0.5, 0.6) is 0 Å². The second-order valence-electron chi connectivity index (χ2n) is 9.87. The molecule has 4 aliphatic rings. The number of allylic oxidation sites excluding steroid dienone is 2. The van der Waals surface area contributed by atoms with Crippen molar-refractivity contribution in [2.24, 2.45) is 40.4 Å². The molecule has 0 heterocycles. The maximum atomic E-state index is 11.2. The van der Waals surface area contributed by atoms with E-state index in [4.69, 9.17) is 5.26 Å². The molecule has 0 bridgehead atoms. The second kappa shape index (κ2) is 6.10. The molecule has 1 unspecified atom stereocenters. The molecule has 138 valence electrons. The summed E-state index contributed by atoms with van der Waals surface area (Å²) < 4.78 is 0. The SMILES string of the molecule is C[C@]12CC[C@@H](O)C[C@H]1CC[C@@H]1[C@@H]2C[C@H](O)[C@]2(C)C(/C=C/C#N)CC[C@@H]12. The van der Waals surface area contributed by atoms with E-state index in [0.717, 1.165) is 32.1 Å². The predicted molar refractivity (Wildman–Crippen MR) is 97.4 cm³/mol. The van der Waals surface area contributed by atoms with Crippen LogP contribution in [0.4, 0.5) is 0 Å². The lowest BCUT2D eigenvalue weighted by Gasteiger charge is -2.62. The summed E-state index contributed by atoms with van der Waals surface area (Å²) in [6, 6.07) is 2.14. The summed E-state index contributed by atoms with van der Waals surface area (Å²) in [4.78, 5) is 0. The van der Waals surface area contributed by atoms with Gasteiger partial charge in [-0.2, -0.15) is 5.26 Å². The van der Waals surface area contributed by atoms with Crippen molar-refractivity contribution in [3.63, 3.8) is 0 Å². The van der Waals surface area contributed by atoms with Gasteiger partial charge in [-0.15, -0.1) is 0 Å². The Labute approximate surface area is 152 Å². The van der Waals surface area contributed by atoms with Crippen LogP contribution in [0.25, 0.3) is 0 Å². The summed E-state index contributed by atoms with van der Waals surface area (Å²) in [7, 11) is 0. The highest BCUT2D eigenvalue weighted by Crippen LogP contribution is 2.67. The smallest absolute Gasteiger partial charge is 0.0908 e. The van der Waals surface area contributed by atoms with E-state index in [9.17, 15) is 10.2 Å². The summed E-state index contributed by atoms with van der Waals surface area (Å²) >= 11 is 0. The highest BCUT2D eigenvalue weighted by atomic mass is 16.3. The molecule has 0 aromatic rings. The lowest BCUT2D eigenvalue weighted by Crippen LogP contribution is -2.58. The summed E-state index contributed by atoms with van der Waals surface area (Å²) in [5.41, 5.74) is 0.233. The summed E-state index contributed by atoms with van der Waals surface area (Å²) in [5.74, 6) is 2.87. The molecule has 2 N–H and O–H groups in total. The first-order chi connectivity index (χ1) is 11.9. The topological polar surface area (TPSA) is 64.2 Å². The highest BCUT2D eigenvalue weighted by Gasteiger charge is 2.62. The number of fused-ring (bicyclic) bond motifs is 5. The highest BCUT2D eigenvalue weighted by molar-refractivity contribution is 5.17. The minimum absolute atomic E-state index is 0.0636. The van der Waals surface area contributed by atoms with Crippen LogP contribution in [0, 0.1) is 51.8 Å². The summed E-state index contributed by atoms with van der Waals surface area (Å²) in [6.45, 7) is 4.74. The molecule has 0 aromatic heterocycles. The predicted octanol–water partition coefficient (Wildman–Crippen LogP) is 4.06. The number of hydrogen-bond donors (Lipinski definition) is 2. The second-order valence-corrected chi connectivity index (χ2v) is 9.87. The molecule has 3 nitrogen and oxygen atoms in total. The number of aliphatic hydroxyl groups excluding tert-OH is 2. The minimum atomic E-state index is -0.267. The van der Waals surface area contributed by atoms with Gasteiger partial charge in [-0.05, 0) is 86.4 Å². The number of rotatable bonds is 1. The van der Waals surface area contributed by atoms with Gasteiger partial charge in [-0.3, -0.25) is 0 Å². The number of nitrogens with zero attached hydrogens (tertiary/aromatic N) is 1. The molecule has 4 aliphatic carbocycles. The molecule has 0 spiro atoms. The average molecular weight is 344 g/mol. The Morgan fingerprint density at radius 3 is 2.56 bits per heavy atom. The number of hydrogen-bond acceptors (Lipinski definition) is 3. The fourth-order valence-electron chi connectivity index (χ4n) is 7.73. The van der Waals surface area contributed by atoms with Crippen molar-refractivity contribution in [3.05, 3.63) is 12.2 Å². The molecule has 4 rings (SSSR count). The fraction of sp³-hybridized carbons (Fsp3) is 0.864. The molecule has 4 saturated carbocycles. The van der Waals surface area contributed by atoms with E-state index in [1.54, 1.807) is 6.08 Å². The zero-order chi connectivity index (χ0) is 17.8. The number of nitriles is 1. The third kappa shape index (κ3) is 2.44. The van der Waals surface area contributed by atoms with Crippen molar-refractivity contribution in [2.75, 3.05) is 0 Å². The van der Waals surface area contributed by atoms with Crippen LogP contribution < -0.4 is 0 Å². The van der Waals surface area contributed by atoms with Crippen LogP contribution in [-0.2, 0) is 0 Å². The van der Waals surface area contributed by atoms with Crippen LogP contribution in [-0.4, -0.2) is 22.4 Å². The van der Waals surface area contributed by atoms with Gasteiger partial charge in [0.2, 0.25) is 0 Å². The van der Waals surface area contributed by atoms with Gasteiger partial charge in [-0.1, -0.05) is 19.9 Å². The first kappa shape index (κ1) is 17.6. The molecular formula is C22H33NO2. The molecule has 0 amide bonds. The lowest BCUT2D eigenvalue weighted by atomic mass is 9.44. The van der Waals surface area contributed by atoms with E-state index in [0.29, 0.717) is 35.0 Å². The maximum Gasteiger partial charge on any atom is 0.0908 e. The van der Waals surface area contributed by atoms with Crippen LogP contribution in [0.1, 0.15) is 65.2 Å². The van der Waals surface area contributed by atoms with Crippen molar-refractivity contribution < 1.29 is 10.2 Å². The molecular weight excluding hydrogens is 310 g/mol. The standard InChI is InChI=1S/C22H33NO2/c1-21-10-9-16(24)12-15(21)5-7-17-18-8-6-14(4-3-11-23)22(18,2)20(25)13-19(17)21/h3-4,14-20,24-25H,5-10,12-13H2,1-2H3/b4-3+/t14?,15-,16-,17+,18+,19+,20+,21+,22-/m1/s1. The first-order valence-electron chi connectivity index (χ1n) is 10.3. The van der Waals surface area contributed by atoms with Crippen molar-refractivity contribution in [1.82, 2.24) is 0 Å². The van der Waals surface area contributed by atoms with Crippen molar-refractivity contribution in [1.29, 1.82) is 5.26 Å². The third-order valence-electron chi connectivity index (χ3n) is 9.22. The van der Waals surface area contributed by atoms with E-state index in [1.165, 1.54) is 19.3 Å². The zero-order valence-corrected chi connectivity index (χ0v) is 15.7. The Balaban J connectivity index is 1.64. The Kier molecular flexibility index (Phi) is 4.28. The number of aliphatic hydroxyl groups is 2. The van der Waals surface area contributed by atoms with Crippen LogP contribution in [0.3, 0.4) is 0 Å². The molecule has 4 fully saturated rings. The van der Waals surface area contributed by atoms with Gasteiger partial charge in [0.05, 0.1) is 18.3 Å². The zero-order valence-electron chi connectivity index (χ0n) is 15.7. The van der Waals surface area contributed by atoms with Gasteiger partial charge in [0.15, 0.2) is 0 Å². The first-order valence-corrected chi connectivity index (χ1v) is 10.3. The van der Waals surface area contributed by atoms with Gasteiger partial charge in [0, 0.05) is 11.5 Å². The van der Waals surface area contributed by atoms with Gasteiger partial charge in [0.25, 0.3) is 0 Å². The maximum absolute atomic E-state index is 11.2. The van der Waals surface area contributed by atoms with Crippen molar-refractivity contribution in [2.45, 2.75) is 77.4 Å². The van der Waals surface area contributed by atoms with Crippen LogP contribution in [0.2, 0.25) is 0 Å². The molecule has 0 radical (unpaired) electrons. The van der Waals surface area contributed by atoms with E-state index >= 15 is 0 Å². The molecule has 3 heteroatoms. The van der Waals surface area contributed by atoms with Crippen molar-refractivity contribution in [3.8, 4) is 6.07 Å². The minimum Gasteiger partial charge on any atom is -0.393 e. The molecule has 25 heavy (non-hydrogen) atoms. The van der Waals surface area contributed by atoms with E-state index in [1.807, 2.05) is 0 Å². The van der Waals surface area contributed by atoms with E-state index in [2.05, 4.69) is 26.0 Å². The van der Waals surface area contributed by atoms with E-state index < -0.39 is 0 Å². The average Bonchev–Trinajstić information content (AvgIpc) is 2.93. The van der Waals surface area contributed by atoms with Crippen LogP contribution in [0.15, 0.2) is 12.2 Å². The fourth-order valence-corrected chi connectivity index (χ4v) is 7.73.